The van der Waals surface area contributed by atoms with E-state index in [9.17, 15) is 9.59 Å². The minimum Gasteiger partial charge on any atom is -0.339 e. The molecular weight excluding hydrogens is 314 g/mol. The lowest BCUT2D eigenvalue weighted by molar-refractivity contribution is -0.139. The molecule has 2 aliphatic rings. The molecule has 2 heterocycles. The number of hydrogen-bond donors (Lipinski definition) is 0. The highest BCUT2D eigenvalue weighted by atomic mass is 16.2. The Hall–Kier alpha value is -1.88. The largest absolute Gasteiger partial charge is 0.339 e. The van der Waals surface area contributed by atoms with Crippen LogP contribution in [0.2, 0.25) is 0 Å². The van der Waals surface area contributed by atoms with Gasteiger partial charge in [0.05, 0.1) is 6.54 Å². The van der Waals surface area contributed by atoms with Crippen molar-refractivity contribution < 1.29 is 9.59 Å². The van der Waals surface area contributed by atoms with E-state index < -0.39 is 0 Å². The van der Waals surface area contributed by atoms with E-state index >= 15 is 0 Å². The van der Waals surface area contributed by atoms with Crippen molar-refractivity contribution in [2.45, 2.75) is 32.1 Å². The number of likely N-dealkylation sites (tertiary alicyclic amines) is 1. The lowest BCUT2D eigenvalue weighted by Crippen LogP contribution is -2.52. The van der Waals surface area contributed by atoms with Gasteiger partial charge in [-0.05, 0) is 43.8 Å². The normalized spacial score (nSPS) is 22.5. The minimum atomic E-state index is 0.103. The molecular formula is C20H29N3O2. The van der Waals surface area contributed by atoms with Crippen LogP contribution in [0.3, 0.4) is 0 Å². The fourth-order valence-corrected chi connectivity index (χ4v) is 3.93. The van der Waals surface area contributed by atoms with Gasteiger partial charge in [-0.3, -0.25) is 14.5 Å². The number of carbonyl (C=O) groups excluding carboxylic acids is 2. The van der Waals surface area contributed by atoms with Crippen molar-refractivity contribution in [2.24, 2.45) is 0 Å². The summed E-state index contributed by atoms with van der Waals surface area (Å²) < 4.78 is 0. The average molecular weight is 343 g/mol. The van der Waals surface area contributed by atoms with E-state index in [1.54, 1.807) is 6.92 Å². The highest BCUT2D eigenvalue weighted by molar-refractivity contribution is 5.79. The van der Waals surface area contributed by atoms with Crippen LogP contribution in [-0.2, 0) is 9.59 Å². The van der Waals surface area contributed by atoms with Crippen LogP contribution in [0.4, 0.5) is 0 Å². The summed E-state index contributed by atoms with van der Waals surface area (Å²) in [6.07, 6.45) is 3.46. The topological polar surface area (TPSA) is 43.9 Å². The van der Waals surface area contributed by atoms with Gasteiger partial charge in [0.2, 0.25) is 11.8 Å². The predicted octanol–water partition coefficient (Wildman–Crippen LogP) is 1.95. The van der Waals surface area contributed by atoms with Crippen LogP contribution in [0, 0.1) is 0 Å². The molecule has 0 radical (unpaired) electrons. The van der Waals surface area contributed by atoms with Gasteiger partial charge >= 0.3 is 0 Å². The second-order valence-corrected chi connectivity index (χ2v) is 7.20. The molecule has 0 bridgehead atoms. The Morgan fingerprint density at radius 1 is 0.920 bits per heavy atom. The number of rotatable bonds is 3. The first-order valence-corrected chi connectivity index (χ1v) is 9.44. The maximum absolute atomic E-state index is 12.6. The summed E-state index contributed by atoms with van der Waals surface area (Å²) >= 11 is 0. The summed E-state index contributed by atoms with van der Waals surface area (Å²) in [6, 6.07) is 10.7. The van der Waals surface area contributed by atoms with Crippen molar-refractivity contribution in [1.29, 1.82) is 0 Å². The first-order chi connectivity index (χ1) is 12.1. The fraction of sp³-hybridized carbons (Fsp3) is 0.600. The SMILES string of the molecule is CC(=O)N1CCN(C(=O)CN2CCCC(c3ccccc3)CC2)CC1. The lowest BCUT2D eigenvalue weighted by atomic mass is 9.92. The van der Waals surface area contributed by atoms with Crippen molar-refractivity contribution >= 4 is 11.8 Å². The Kier molecular flexibility index (Phi) is 6.08. The summed E-state index contributed by atoms with van der Waals surface area (Å²) in [5.74, 6) is 0.924. The van der Waals surface area contributed by atoms with Crippen LogP contribution in [0.1, 0.15) is 37.7 Å². The van der Waals surface area contributed by atoms with Crippen LogP contribution >= 0.6 is 0 Å². The van der Waals surface area contributed by atoms with Crippen molar-refractivity contribution in [1.82, 2.24) is 14.7 Å². The molecule has 3 rings (SSSR count). The average Bonchev–Trinajstić information content (AvgIpc) is 2.88. The molecule has 0 N–H and O–H groups in total. The molecule has 0 spiro atoms. The maximum Gasteiger partial charge on any atom is 0.236 e. The zero-order chi connectivity index (χ0) is 17.6. The molecule has 5 nitrogen and oxygen atoms in total. The molecule has 1 unspecified atom stereocenters. The zero-order valence-corrected chi connectivity index (χ0v) is 15.2. The number of nitrogens with zero attached hydrogens (tertiary/aromatic N) is 3. The van der Waals surface area contributed by atoms with Gasteiger partial charge in [0, 0.05) is 33.1 Å². The van der Waals surface area contributed by atoms with Gasteiger partial charge in [-0.1, -0.05) is 30.3 Å². The van der Waals surface area contributed by atoms with Crippen molar-refractivity contribution in [3.8, 4) is 0 Å². The fourth-order valence-electron chi connectivity index (χ4n) is 3.93. The van der Waals surface area contributed by atoms with Gasteiger partial charge in [0.15, 0.2) is 0 Å². The van der Waals surface area contributed by atoms with E-state index in [2.05, 4.69) is 35.2 Å². The number of hydrogen-bond acceptors (Lipinski definition) is 3. The smallest absolute Gasteiger partial charge is 0.236 e. The molecule has 0 aromatic heterocycles. The number of amides is 2. The third-order valence-corrected chi connectivity index (χ3v) is 5.53. The molecule has 2 fully saturated rings. The molecule has 1 aromatic carbocycles. The molecule has 2 amide bonds. The molecule has 136 valence electrons. The molecule has 1 aromatic rings. The maximum atomic E-state index is 12.6. The van der Waals surface area contributed by atoms with E-state index in [0.29, 0.717) is 38.6 Å². The van der Waals surface area contributed by atoms with Gasteiger partial charge in [0.25, 0.3) is 0 Å². The summed E-state index contributed by atoms with van der Waals surface area (Å²) in [6.45, 7) is 6.76. The summed E-state index contributed by atoms with van der Waals surface area (Å²) in [5.41, 5.74) is 1.43. The Balaban J connectivity index is 1.47. The first-order valence-electron chi connectivity index (χ1n) is 9.44. The van der Waals surface area contributed by atoms with E-state index in [1.807, 2.05) is 9.80 Å². The third kappa shape index (κ3) is 4.82. The predicted molar refractivity (Wildman–Crippen MR) is 98.3 cm³/mol. The zero-order valence-electron chi connectivity index (χ0n) is 15.2. The summed E-state index contributed by atoms with van der Waals surface area (Å²) in [4.78, 5) is 30.0. The molecule has 5 heteroatoms. The van der Waals surface area contributed by atoms with Crippen molar-refractivity contribution in [3.05, 3.63) is 35.9 Å². The Morgan fingerprint density at radius 3 is 2.28 bits per heavy atom. The third-order valence-electron chi connectivity index (χ3n) is 5.53. The molecule has 2 aliphatic heterocycles. The van der Waals surface area contributed by atoms with Gasteiger partial charge in [0.1, 0.15) is 0 Å². The second kappa shape index (κ2) is 8.48. The Labute approximate surface area is 150 Å². The number of benzene rings is 1. The molecule has 0 saturated carbocycles. The minimum absolute atomic E-state index is 0.103. The molecule has 0 aliphatic carbocycles. The van der Waals surface area contributed by atoms with Crippen LogP contribution in [0.25, 0.3) is 0 Å². The number of carbonyl (C=O) groups is 2. The van der Waals surface area contributed by atoms with Crippen LogP contribution in [0.5, 0.6) is 0 Å². The molecule has 25 heavy (non-hydrogen) atoms. The summed E-state index contributed by atoms with van der Waals surface area (Å²) in [5, 5.41) is 0. The monoisotopic (exact) mass is 343 g/mol. The summed E-state index contributed by atoms with van der Waals surface area (Å²) in [7, 11) is 0. The van der Waals surface area contributed by atoms with Crippen LogP contribution in [0.15, 0.2) is 30.3 Å². The van der Waals surface area contributed by atoms with Crippen LogP contribution < -0.4 is 0 Å². The first kappa shape index (κ1) is 17.9. The van der Waals surface area contributed by atoms with Crippen molar-refractivity contribution in [2.75, 3.05) is 45.8 Å². The second-order valence-electron chi connectivity index (χ2n) is 7.20. The van der Waals surface area contributed by atoms with Crippen molar-refractivity contribution in [3.63, 3.8) is 0 Å². The molecule has 1 atom stereocenters. The lowest BCUT2D eigenvalue weighted by Gasteiger charge is -2.35. The quantitative estimate of drug-likeness (QED) is 0.842. The van der Waals surface area contributed by atoms with E-state index in [1.165, 1.54) is 12.0 Å². The van der Waals surface area contributed by atoms with E-state index in [0.717, 1.165) is 25.9 Å². The van der Waals surface area contributed by atoms with E-state index in [-0.39, 0.29) is 11.8 Å². The van der Waals surface area contributed by atoms with Crippen LogP contribution in [-0.4, -0.2) is 72.3 Å². The highest BCUT2D eigenvalue weighted by Crippen LogP contribution is 2.27. The van der Waals surface area contributed by atoms with Gasteiger partial charge in [-0.2, -0.15) is 0 Å². The number of piperazine rings is 1. The molecule has 2 saturated heterocycles. The van der Waals surface area contributed by atoms with E-state index in [4.69, 9.17) is 0 Å². The Bertz CT molecular complexity index is 582. The van der Waals surface area contributed by atoms with Gasteiger partial charge < -0.3 is 9.80 Å². The highest BCUT2D eigenvalue weighted by Gasteiger charge is 2.25. The Morgan fingerprint density at radius 2 is 1.60 bits per heavy atom. The standard InChI is InChI=1S/C20H29N3O2/c1-17(24)22-12-14-23(15-13-22)20(25)16-21-10-5-8-19(9-11-21)18-6-3-2-4-7-18/h2-4,6-7,19H,5,8-16H2,1H3. The van der Waals surface area contributed by atoms with Gasteiger partial charge in [-0.15, -0.1) is 0 Å². The van der Waals surface area contributed by atoms with Gasteiger partial charge in [-0.25, -0.2) is 0 Å².